The highest BCUT2D eigenvalue weighted by Gasteiger charge is 2.22. The number of hydrogen-bond donors (Lipinski definition) is 1. The predicted molar refractivity (Wildman–Crippen MR) is 97.0 cm³/mol. The average Bonchev–Trinajstić information content (AvgIpc) is 2.46. The van der Waals surface area contributed by atoms with Gasteiger partial charge in [-0.2, -0.15) is 0 Å². The number of likely N-dealkylation sites (tertiary alicyclic amines) is 2. The number of piperidine rings is 1. The fourth-order valence-electron chi connectivity index (χ4n) is 3.37. The second kappa shape index (κ2) is 12.4. The van der Waals surface area contributed by atoms with Crippen molar-refractivity contribution in [1.29, 1.82) is 0 Å². The third-order valence-electron chi connectivity index (χ3n) is 4.89. The molecule has 22 heavy (non-hydrogen) atoms. The van der Waals surface area contributed by atoms with Crippen molar-refractivity contribution in [3.63, 3.8) is 0 Å². The number of carbonyl (C=O) groups is 1. The van der Waals surface area contributed by atoms with E-state index in [1.165, 1.54) is 45.2 Å². The minimum atomic E-state index is 0. The van der Waals surface area contributed by atoms with Crippen molar-refractivity contribution >= 4 is 30.7 Å². The molecule has 2 heterocycles. The summed E-state index contributed by atoms with van der Waals surface area (Å²) in [7, 11) is 0. The van der Waals surface area contributed by atoms with Crippen LogP contribution in [0.3, 0.4) is 0 Å². The van der Waals surface area contributed by atoms with Gasteiger partial charge in [0.2, 0.25) is 5.91 Å². The van der Waals surface area contributed by atoms with Crippen LogP contribution in [0.5, 0.6) is 0 Å². The molecule has 0 unspecified atom stereocenters. The summed E-state index contributed by atoms with van der Waals surface area (Å²) in [6.45, 7) is 5.93. The number of rotatable bonds is 4. The Labute approximate surface area is 148 Å². The Kier molecular flexibility index (Phi) is 12.4. The summed E-state index contributed by atoms with van der Waals surface area (Å²) in [6.07, 6.45) is 9.59. The highest BCUT2D eigenvalue weighted by atomic mass is 35.5. The van der Waals surface area contributed by atoms with Crippen molar-refractivity contribution < 1.29 is 4.79 Å². The molecule has 6 heteroatoms. The van der Waals surface area contributed by atoms with E-state index in [0.717, 1.165) is 39.0 Å². The Bertz CT molecular complexity index is 289. The lowest BCUT2D eigenvalue weighted by Crippen LogP contribution is -2.41. The summed E-state index contributed by atoms with van der Waals surface area (Å²) in [5.41, 5.74) is 5.70. The molecule has 132 valence electrons. The molecule has 0 spiro atoms. The van der Waals surface area contributed by atoms with Crippen LogP contribution in [0, 0.1) is 5.92 Å². The lowest BCUT2D eigenvalue weighted by atomic mass is 9.97. The number of carbonyl (C=O) groups excluding carboxylic acids is 1. The van der Waals surface area contributed by atoms with Crippen molar-refractivity contribution in [2.45, 2.75) is 51.4 Å². The lowest BCUT2D eigenvalue weighted by Gasteiger charge is -2.32. The number of amides is 1. The van der Waals surface area contributed by atoms with Gasteiger partial charge in [-0.05, 0) is 51.2 Å². The molecule has 0 radical (unpaired) electrons. The molecule has 2 aliphatic heterocycles. The zero-order chi connectivity index (χ0) is 14.2. The Morgan fingerprint density at radius 2 is 1.45 bits per heavy atom. The van der Waals surface area contributed by atoms with Gasteiger partial charge in [0.15, 0.2) is 0 Å². The van der Waals surface area contributed by atoms with Crippen molar-refractivity contribution in [2.24, 2.45) is 11.7 Å². The number of nitrogens with zero attached hydrogens (tertiary/aromatic N) is 2. The Balaban J connectivity index is 0.00000220. The van der Waals surface area contributed by atoms with Crippen molar-refractivity contribution in [2.75, 3.05) is 39.3 Å². The molecule has 0 saturated carbocycles. The minimum absolute atomic E-state index is 0. The molecule has 0 atom stereocenters. The summed E-state index contributed by atoms with van der Waals surface area (Å²) < 4.78 is 0. The first kappa shape index (κ1) is 22.0. The van der Waals surface area contributed by atoms with Crippen LogP contribution in [0.2, 0.25) is 0 Å². The van der Waals surface area contributed by atoms with Crippen LogP contribution in [-0.4, -0.2) is 55.0 Å². The standard InChI is InChI=1S/C16H31N3O.2ClH/c17-14-15-6-12-19(13-7-15)16(20)8-11-18-9-4-2-1-3-5-10-18;;/h15H,1-14,17H2;2*1H. The number of hydrogen-bond acceptors (Lipinski definition) is 3. The molecule has 0 aliphatic carbocycles. The molecular weight excluding hydrogens is 321 g/mol. The van der Waals surface area contributed by atoms with E-state index in [4.69, 9.17) is 5.73 Å². The molecule has 0 aromatic rings. The molecule has 0 aromatic carbocycles. The molecule has 2 N–H and O–H groups in total. The summed E-state index contributed by atoms with van der Waals surface area (Å²) in [5.74, 6) is 0.982. The fraction of sp³-hybridized carbons (Fsp3) is 0.938. The molecule has 0 bridgehead atoms. The van der Waals surface area contributed by atoms with Gasteiger partial charge >= 0.3 is 0 Å². The first-order valence-electron chi connectivity index (χ1n) is 8.50. The molecular formula is C16H33Cl2N3O. The van der Waals surface area contributed by atoms with E-state index in [1.54, 1.807) is 0 Å². The van der Waals surface area contributed by atoms with Crippen molar-refractivity contribution in [3.8, 4) is 0 Å². The van der Waals surface area contributed by atoms with Crippen molar-refractivity contribution in [1.82, 2.24) is 9.80 Å². The molecule has 4 nitrogen and oxygen atoms in total. The largest absolute Gasteiger partial charge is 0.343 e. The van der Waals surface area contributed by atoms with Crippen LogP contribution in [0.1, 0.15) is 51.4 Å². The minimum Gasteiger partial charge on any atom is -0.343 e. The van der Waals surface area contributed by atoms with Crippen molar-refractivity contribution in [3.05, 3.63) is 0 Å². The van der Waals surface area contributed by atoms with Crippen LogP contribution >= 0.6 is 24.8 Å². The first-order valence-corrected chi connectivity index (χ1v) is 8.50. The van der Waals surface area contributed by atoms with Crippen LogP contribution < -0.4 is 5.73 Å². The first-order chi connectivity index (χ1) is 9.79. The second-order valence-electron chi connectivity index (χ2n) is 6.42. The fourth-order valence-corrected chi connectivity index (χ4v) is 3.37. The van der Waals surface area contributed by atoms with Gasteiger partial charge in [0, 0.05) is 26.1 Å². The smallest absolute Gasteiger partial charge is 0.223 e. The summed E-state index contributed by atoms with van der Waals surface area (Å²) in [4.78, 5) is 16.8. The van der Waals surface area contributed by atoms with E-state index < -0.39 is 0 Å². The van der Waals surface area contributed by atoms with Gasteiger partial charge in [-0.15, -0.1) is 24.8 Å². The topological polar surface area (TPSA) is 49.6 Å². The van der Waals surface area contributed by atoms with E-state index in [0.29, 0.717) is 18.2 Å². The third-order valence-corrected chi connectivity index (χ3v) is 4.89. The summed E-state index contributed by atoms with van der Waals surface area (Å²) in [5, 5.41) is 0. The van der Waals surface area contributed by atoms with E-state index in [1.807, 2.05) is 0 Å². The van der Waals surface area contributed by atoms with Gasteiger partial charge in [-0.1, -0.05) is 19.3 Å². The van der Waals surface area contributed by atoms with Crippen LogP contribution in [0.15, 0.2) is 0 Å². The van der Waals surface area contributed by atoms with Gasteiger partial charge in [0.1, 0.15) is 0 Å². The molecule has 2 fully saturated rings. The van der Waals surface area contributed by atoms with Crippen LogP contribution in [-0.2, 0) is 4.79 Å². The van der Waals surface area contributed by atoms with Crippen LogP contribution in [0.4, 0.5) is 0 Å². The number of halogens is 2. The van der Waals surface area contributed by atoms with Gasteiger partial charge < -0.3 is 15.5 Å². The zero-order valence-corrected chi connectivity index (χ0v) is 15.3. The van der Waals surface area contributed by atoms with Gasteiger partial charge in [0.25, 0.3) is 0 Å². The maximum atomic E-state index is 12.3. The van der Waals surface area contributed by atoms with E-state index in [-0.39, 0.29) is 24.8 Å². The number of nitrogens with two attached hydrogens (primary N) is 1. The zero-order valence-electron chi connectivity index (χ0n) is 13.7. The van der Waals surface area contributed by atoms with E-state index >= 15 is 0 Å². The van der Waals surface area contributed by atoms with E-state index in [9.17, 15) is 4.79 Å². The maximum Gasteiger partial charge on any atom is 0.223 e. The van der Waals surface area contributed by atoms with Gasteiger partial charge in [-0.25, -0.2) is 0 Å². The highest BCUT2D eigenvalue weighted by Crippen LogP contribution is 2.17. The molecule has 1 amide bonds. The predicted octanol–water partition coefficient (Wildman–Crippen LogP) is 2.68. The summed E-state index contributed by atoms with van der Waals surface area (Å²) in [6, 6.07) is 0. The summed E-state index contributed by atoms with van der Waals surface area (Å²) >= 11 is 0. The van der Waals surface area contributed by atoms with Gasteiger partial charge in [-0.3, -0.25) is 4.79 Å². The Hall–Kier alpha value is -0.0300. The molecule has 2 aliphatic rings. The average molecular weight is 354 g/mol. The lowest BCUT2D eigenvalue weighted by molar-refractivity contribution is -0.132. The van der Waals surface area contributed by atoms with Gasteiger partial charge in [0.05, 0.1) is 0 Å². The monoisotopic (exact) mass is 353 g/mol. The second-order valence-corrected chi connectivity index (χ2v) is 6.42. The Morgan fingerprint density at radius 3 is 2.00 bits per heavy atom. The quantitative estimate of drug-likeness (QED) is 0.845. The third kappa shape index (κ3) is 7.49. The SMILES string of the molecule is Cl.Cl.NCC1CCN(C(=O)CCN2CCCCCCC2)CC1. The normalized spacial score (nSPS) is 21.2. The maximum absolute atomic E-state index is 12.3. The molecule has 2 saturated heterocycles. The highest BCUT2D eigenvalue weighted by molar-refractivity contribution is 5.85. The van der Waals surface area contributed by atoms with E-state index in [2.05, 4.69) is 9.80 Å². The van der Waals surface area contributed by atoms with Crippen LogP contribution in [0.25, 0.3) is 0 Å². The molecule has 0 aromatic heterocycles. The Morgan fingerprint density at radius 1 is 0.909 bits per heavy atom. The molecule has 2 rings (SSSR count).